The molecule has 1 aromatic heterocycles. The molecule has 1 spiro atoms. The van der Waals surface area contributed by atoms with Gasteiger partial charge in [0.25, 0.3) is 0 Å². The molecule has 1 unspecified atom stereocenters. The fraction of sp³-hybridized carbons (Fsp3) is 0.684. The molecule has 23 heavy (non-hydrogen) atoms. The van der Waals surface area contributed by atoms with E-state index in [1.165, 1.54) is 38.9 Å². The summed E-state index contributed by atoms with van der Waals surface area (Å²) in [7, 11) is 0. The van der Waals surface area contributed by atoms with Crippen molar-refractivity contribution in [2.75, 3.05) is 19.6 Å². The Kier molecular flexibility index (Phi) is 5.00. The fourth-order valence-electron chi connectivity index (χ4n) is 3.75. The first-order valence-corrected chi connectivity index (χ1v) is 8.98. The Hall–Kier alpha value is -1.42. The Balaban J connectivity index is 1.41. The van der Waals surface area contributed by atoms with Crippen molar-refractivity contribution in [2.45, 2.75) is 46.1 Å². The molecule has 1 saturated heterocycles. The summed E-state index contributed by atoms with van der Waals surface area (Å²) in [6.45, 7) is 8.72. The Morgan fingerprint density at radius 1 is 1.43 bits per heavy atom. The normalized spacial score (nSPS) is 23.2. The standard InChI is InChI=1S/C19H29N3O/c1-15(2)5-9-22-10-6-19(7-11-22)12-17(19)18(23)21-14-16-4-3-8-20-13-16/h3-4,8,13,15,17H,5-7,9-12,14H2,1-2H3,(H,21,23). The van der Waals surface area contributed by atoms with Gasteiger partial charge in [0.15, 0.2) is 0 Å². The fourth-order valence-corrected chi connectivity index (χ4v) is 3.75. The van der Waals surface area contributed by atoms with Crippen LogP contribution in [0.25, 0.3) is 0 Å². The van der Waals surface area contributed by atoms with Crippen molar-refractivity contribution in [3.63, 3.8) is 0 Å². The summed E-state index contributed by atoms with van der Waals surface area (Å²) in [6.07, 6.45) is 8.32. The van der Waals surface area contributed by atoms with Gasteiger partial charge in [-0.05, 0) is 68.3 Å². The van der Waals surface area contributed by atoms with Gasteiger partial charge in [-0.1, -0.05) is 19.9 Å². The molecule has 1 aliphatic carbocycles. The van der Waals surface area contributed by atoms with Crippen LogP contribution in [0.5, 0.6) is 0 Å². The third-order valence-electron chi connectivity index (χ3n) is 5.57. The van der Waals surface area contributed by atoms with Crippen molar-refractivity contribution in [2.24, 2.45) is 17.3 Å². The van der Waals surface area contributed by atoms with Gasteiger partial charge in [0.05, 0.1) is 0 Å². The monoisotopic (exact) mass is 315 g/mol. The van der Waals surface area contributed by atoms with Gasteiger partial charge in [-0.25, -0.2) is 0 Å². The van der Waals surface area contributed by atoms with Crippen LogP contribution in [0, 0.1) is 17.3 Å². The van der Waals surface area contributed by atoms with E-state index in [0.29, 0.717) is 12.0 Å². The van der Waals surface area contributed by atoms with Gasteiger partial charge in [-0.3, -0.25) is 9.78 Å². The minimum absolute atomic E-state index is 0.240. The number of carbonyl (C=O) groups excluding carboxylic acids is 1. The van der Waals surface area contributed by atoms with E-state index >= 15 is 0 Å². The summed E-state index contributed by atoms with van der Waals surface area (Å²) in [5.41, 5.74) is 1.38. The lowest BCUT2D eigenvalue weighted by molar-refractivity contribution is -0.123. The van der Waals surface area contributed by atoms with Crippen molar-refractivity contribution >= 4 is 5.91 Å². The van der Waals surface area contributed by atoms with Gasteiger partial charge >= 0.3 is 0 Å². The zero-order chi connectivity index (χ0) is 16.3. The zero-order valence-corrected chi connectivity index (χ0v) is 14.4. The molecule has 2 fully saturated rings. The average molecular weight is 315 g/mol. The van der Waals surface area contributed by atoms with E-state index in [2.05, 4.69) is 29.0 Å². The number of nitrogens with zero attached hydrogens (tertiary/aromatic N) is 2. The van der Waals surface area contributed by atoms with Crippen LogP contribution in [0.15, 0.2) is 24.5 Å². The highest BCUT2D eigenvalue weighted by Gasteiger charge is 2.58. The van der Waals surface area contributed by atoms with E-state index in [4.69, 9.17) is 0 Å². The van der Waals surface area contributed by atoms with Crippen LogP contribution in [0.4, 0.5) is 0 Å². The number of amides is 1. The van der Waals surface area contributed by atoms with Crippen LogP contribution in [-0.4, -0.2) is 35.4 Å². The highest BCUT2D eigenvalue weighted by molar-refractivity contribution is 5.82. The quantitative estimate of drug-likeness (QED) is 0.878. The number of pyridine rings is 1. The van der Waals surface area contributed by atoms with E-state index in [9.17, 15) is 4.79 Å². The number of nitrogens with one attached hydrogen (secondary N) is 1. The van der Waals surface area contributed by atoms with E-state index in [0.717, 1.165) is 17.9 Å². The second kappa shape index (κ2) is 7.00. The molecule has 2 aliphatic rings. The average Bonchev–Trinajstić information content (AvgIpc) is 3.27. The summed E-state index contributed by atoms with van der Waals surface area (Å²) in [5, 5.41) is 3.09. The molecule has 0 bridgehead atoms. The molecule has 1 aromatic rings. The molecule has 1 aliphatic heterocycles. The highest BCUT2D eigenvalue weighted by atomic mass is 16.2. The molecule has 0 radical (unpaired) electrons. The van der Waals surface area contributed by atoms with E-state index in [1.54, 1.807) is 6.20 Å². The van der Waals surface area contributed by atoms with Gasteiger partial charge in [-0.2, -0.15) is 0 Å². The Labute approximate surface area is 139 Å². The van der Waals surface area contributed by atoms with Crippen LogP contribution in [-0.2, 0) is 11.3 Å². The molecule has 1 atom stereocenters. The summed E-state index contributed by atoms with van der Waals surface area (Å²) in [6, 6.07) is 3.91. The Bertz CT molecular complexity index is 521. The predicted octanol–water partition coefficient (Wildman–Crippen LogP) is 2.85. The van der Waals surface area contributed by atoms with Crippen LogP contribution in [0.1, 0.15) is 45.1 Å². The molecule has 1 N–H and O–H groups in total. The molecule has 1 saturated carbocycles. The molecular formula is C19H29N3O. The first-order chi connectivity index (χ1) is 11.1. The summed E-state index contributed by atoms with van der Waals surface area (Å²) in [4.78, 5) is 19.1. The number of rotatable bonds is 6. The maximum Gasteiger partial charge on any atom is 0.223 e. The van der Waals surface area contributed by atoms with Gasteiger partial charge in [0.2, 0.25) is 5.91 Å². The van der Waals surface area contributed by atoms with E-state index in [-0.39, 0.29) is 11.8 Å². The van der Waals surface area contributed by atoms with Gasteiger partial charge < -0.3 is 10.2 Å². The number of carbonyl (C=O) groups is 1. The van der Waals surface area contributed by atoms with Crippen molar-refractivity contribution in [3.8, 4) is 0 Å². The Morgan fingerprint density at radius 2 is 2.22 bits per heavy atom. The van der Waals surface area contributed by atoms with Crippen LogP contribution in [0.3, 0.4) is 0 Å². The van der Waals surface area contributed by atoms with Crippen molar-refractivity contribution in [1.29, 1.82) is 0 Å². The van der Waals surface area contributed by atoms with Crippen molar-refractivity contribution < 1.29 is 4.79 Å². The largest absolute Gasteiger partial charge is 0.352 e. The SMILES string of the molecule is CC(C)CCN1CCC2(CC1)CC2C(=O)NCc1cccnc1. The number of hydrogen-bond acceptors (Lipinski definition) is 3. The van der Waals surface area contributed by atoms with Crippen LogP contribution in [0.2, 0.25) is 0 Å². The Morgan fingerprint density at radius 3 is 2.87 bits per heavy atom. The van der Waals surface area contributed by atoms with Crippen molar-refractivity contribution in [3.05, 3.63) is 30.1 Å². The molecule has 1 amide bonds. The minimum Gasteiger partial charge on any atom is -0.352 e. The smallest absolute Gasteiger partial charge is 0.223 e. The number of hydrogen-bond donors (Lipinski definition) is 1. The van der Waals surface area contributed by atoms with E-state index < -0.39 is 0 Å². The first kappa shape index (κ1) is 16.4. The third kappa shape index (κ3) is 4.11. The topological polar surface area (TPSA) is 45.2 Å². The number of piperidine rings is 1. The summed E-state index contributed by atoms with van der Waals surface area (Å²) < 4.78 is 0. The van der Waals surface area contributed by atoms with Crippen LogP contribution >= 0.6 is 0 Å². The summed E-state index contributed by atoms with van der Waals surface area (Å²) >= 11 is 0. The molecule has 2 heterocycles. The molecular weight excluding hydrogens is 286 g/mol. The maximum atomic E-state index is 12.4. The first-order valence-electron chi connectivity index (χ1n) is 8.98. The van der Waals surface area contributed by atoms with Crippen LogP contribution < -0.4 is 5.32 Å². The molecule has 4 heteroatoms. The minimum atomic E-state index is 0.240. The molecule has 4 nitrogen and oxygen atoms in total. The summed E-state index contributed by atoms with van der Waals surface area (Å²) in [5.74, 6) is 1.26. The third-order valence-corrected chi connectivity index (χ3v) is 5.57. The zero-order valence-electron chi connectivity index (χ0n) is 14.4. The molecule has 126 valence electrons. The number of aromatic nitrogens is 1. The second-order valence-electron chi connectivity index (χ2n) is 7.72. The lowest BCUT2D eigenvalue weighted by Crippen LogP contribution is -2.37. The maximum absolute atomic E-state index is 12.4. The highest BCUT2D eigenvalue weighted by Crippen LogP contribution is 2.59. The van der Waals surface area contributed by atoms with Crippen molar-refractivity contribution in [1.82, 2.24) is 15.2 Å². The predicted molar refractivity (Wildman–Crippen MR) is 91.8 cm³/mol. The lowest BCUT2D eigenvalue weighted by atomic mass is 9.90. The van der Waals surface area contributed by atoms with E-state index in [1.807, 2.05) is 18.3 Å². The second-order valence-corrected chi connectivity index (χ2v) is 7.72. The molecule has 0 aromatic carbocycles. The molecule has 3 rings (SSSR count). The lowest BCUT2D eigenvalue weighted by Gasteiger charge is -2.33. The number of likely N-dealkylation sites (tertiary alicyclic amines) is 1. The van der Waals surface area contributed by atoms with Gasteiger partial charge in [0.1, 0.15) is 0 Å². The van der Waals surface area contributed by atoms with Gasteiger partial charge in [-0.15, -0.1) is 0 Å². The van der Waals surface area contributed by atoms with Gasteiger partial charge in [0, 0.05) is 24.9 Å².